The number of aromatic nitrogens is 2. The molecule has 2 fully saturated rings. The van der Waals surface area contributed by atoms with Crippen LogP contribution >= 0.6 is 35.8 Å². The van der Waals surface area contributed by atoms with Gasteiger partial charge in [-0.15, -0.1) is 24.0 Å². The summed E-state index contributed by atoms with van der Waals surface area (Å²) >= 11 is 7.20. The number of carbonyl (C=O) groups excluding carboxylic acids is 1. The molecule has 3 heterocycles. The molecule has 0 atom stereocenters. The van der Waals surface area contributed by atoms with Crippen molar-refractivity contribution < 1.29 is 9.53 Å². The summed E-state index contributed by atoms with van der Waals surface area (Å²) in [4.78, 5) is 27.4. The van der Waals surface area contributed by atoms with Crippen LogP contribution in [-0.2, 0) is 9.53 Å². The first-order chi connectivity index (χ1) is 15.2. The van der Waals surface area contributed by atoms with Crippen molar-refractivity contribution in [3.63, 3.8) is 0 Å². The SMILES string of the molecule is CSc1nc(Nc2ccc(N3CCOCC3)cc2)cc(N2CCN(C(=O)CCl)CC2)n1.Cl. The molecule has 174 valence electrons. The molecule has 32 heavy (non-hydrogen) atoms. The van der Waals surface area contributed by atoms with Crippen LogP contribution in [0.1, 0.15) is 0 Å². The second-order valence-corrected chi connectivity index (χ2v) is 8.41. The molecule has 11 heteroatoms. The van der Waals surface area contributed by atoms with Gasteiger partial charge in [-0.05, 0) is 30.5 Å². The zero-order chi connectivity index (χ0) is 21.6. The summed E-state index contributed by atoms with van der Waals surface area (Å²) < 4.78 is 5.43. The largest absolute Gasteiger partial charge is 0.378 e. The Hall–Kier alpha value is -1.94. The van der Waals surface area contributed by atoms with E-state index in [1.165, 1.54) is 17.4 Å². The van der Waals surface area contributed by atoms with Gasteiger partial charge in [-0.25, -0.2) is 9.97 Å². The predicted octanol–water partition coefficient (Wildman–Crippen LogP) is 3.09. The molecule has 8 nitrogen and oxygen atoms in total. The lowest BCUT2D eigenvalue weighted by Crippen LogP contribution is -2.49. The summed E-state index contributed by atoms with van der Waals surface area (Å²) in [6.45, 7) is 6.13. The first kappa shape index (κ1) is 24.7. The first-order valence-corrected chi connectivity index (χ1v) is 12.1. The number of ether oxygens (including phenoxy) is 1. The van der Waals surface area contributed by atoms with E-state index in [2.05, 4.69) is 49.4 Å². The Balaban J connectivity index is 0.00000289. The summed E-state index contributed by atoms with van der Waals surface area (Å²) in [7, 11) is 0. The molecule has 0 radical (unpaired) electrons. The van der Waals surface area contributed by atoms with Crippen LogP contribution in [0.4, 0.5) is 23.0 Å². The van der Waals surface area contributed by atoms with Gasteiger partial charge in [0.1, 0.15) is 17.5 Å². The maximum atomic E-state index is 11.8. The molecule has 2 aliphatic heterocycles. The molecule has 0 bridgehead atoms. The molecular weight excluding hydrogens is 471 g/mol. The Morgan fingerprint density at radius 3 is 2.38 bits per heavy atom. The lowest BCUT2D eigenvalue weighted by molar-refractivity contribution is -0.128. The van der Waals surface area contributed by atoms with Gasteiger partial charge in [0, 0.05) is 56.7 Å². The van der Waals surface area contributed by atoms with Gasteiger partial charge in [-0.1, -0.05) is 11.8 Å². The van der Waals surface area contributed by atoms with E-state index in [4.69, 9.17) is 16.3 Å². The number of anilines is 4. The van der Waals surface area contributed by atoms with Crippen molar-refractivity contribution in [3.05, 3.63) is 30.3 Å². The second-order valence-electron chi connectivity index (χ2n) is 7.37. The molecule has 1 aromatic heterocycles. The minimum atomic E-state index is -0.0170. The predicted molar refractivity (Wildman–Crippen MR) is 133 cm³/mol. The number of hydrogen-bond acceptors (Lipinski definition) is 8. The van der Waals surface area contributed by atoms with Gasteiger partial charge in [0.25, 0.3) is 0 Å². The van der Waals surface area contributed by atoms with Gasteiger partial charge in [0.05, 0.1) is 13.2 Å². The van der Waals surface area contributed by atoms with E-state index in [0.717, 1.165) is 56.7 Å². The van der Waals surface area contributed by atoms with Gasteiger partial charge in [-0.2, -0.15) is 0 Å². The van der Waals surface area contributed by atoms with Crippen LogP contribution in [0.5, 0.6) is 0 Å². The van der Waals surface area contributed by atoms with Crippen LogP contribution in [-0.4, -0.2) is 85.4 Å². The fourth-order valence-electron chi connectivity index (χ4n) is 3.72. The van der Waals surface area contributed by atoms with Crippen molar-refractivity contribution in [1.29, 1.82) is 0 Å². The van der Waals surface area contributed by atoms with E-state index >= 15 is 0 Å². The zero-order valence-electron chi connectivity index (χ0n) is 18.0. The molecule has 2 aromatic rings. The Kier molecular flexibility index (Phi) is 9.10. The fourth-order valence-corrected chi connectivity index (χ4v) is 4.27. The Morgan fingerprint density at radius 1 is 1.06 bits per heavy atom. The van der Waals surface area contributed by atoms with Crippen molar-refractivity contribution in [2.24, 2.45) is 0 Å². The second kappa shape index (κ2) is 11.8. The smallest absolute Gasteiger partial charge is 0.237 e. The van der Waals surface area contributed by atoms with E-state index in [-0.39, 0.29) is 24.2 Å². The summed E-state index contributed by atoms with van der Waals surface area (Å²) in [5.41, 5.74) is 2.18. The van der Waals surface area contributed by atoms with Crippen LogP contribution in [0.15, 0.2) is 35.5 Å². The lowest BCUT2D eigenvalue weighted by atomic mass is 10.2. The molecule has 1 aromatic carbocycles. The number of benzene rings is 1. The number of piperazine rings is 1. The molecule has 1 amide bonds. The number of hydrogen-bond donors (Lipinski definition) is 1. The van der Waals surface area contributed by atoms with Crippen LogP contribution in [0, 0.1) is 0 Å². The summed E-state index contributed by atoms with van der Waals surface area (Å²) in [6.07, 6.45) is 1.97. The number of rotatable bonds is 6. The third kappa shape index (κ3) is 6.10. The maximum Gasteiger partial charge on any atom is 0.237 e. The quantitative estimate of drug-likeness (QED) is 0.370. The number of amides is 1. The molecule has 0 spiro atoms. The van der Waals surface area contributed by atoms with Gasteiger partial charge >= 0.3 is 0 Å². The standard InChI is InChI=1S/C21H27ClN6O2S.ClH/c1-31-21-24-18(14-19(25-21)27-6-8-28(9-7-27)20(29)15-22)23-16-2-4-17(5-3-16)26-10-12-30-13-11-26;/h2-5,14H,6-13,15H2,1H3,(H,23,24,25);1H. The third-order valence-electron chi connectivity index (χ3n) is 5.46. The van der Waals surface area contributed by atoms with E-state index in [1.54, 1.807) is 4.90 Å². The van der Waals surface area contributed by atoms with E-state index in [0.29, 0.717) is 18.2 Å². The van der Waals surface area contributed by atoms with Crippen molar-refractivity contribution in [2.75, 3.05) is 79.7 Å². The average molecular weight is 499 g/mol. The number of alkyl halides is 1. The lowest BCUT2D eigenvalue weighted by Gasteiger charge is -2.35. The van der Waals surface area contributed by atoms with E-state index in [9.17, 15) is 4.79 Å². The number of morpholine rings is 1. The zero-order valence-corrected chi connectivity index (χ0v) is 20.4. The van der Waals surface area contributed by atoms with Crippen LogP contribution in [0.2, 0.25) is 0 Å². The maximum absolute atomic E-state index is 11.8. The van der Waals surface area contributed by atoms with Crippen molar-refractivity contribution in [1.82, 2.24) is 14.9 Å². The van der Waals surface area contributed by atoms with Crippen LogP contribution in [0.3, 0.4) is 0 Å². The number of carbonyl (C=O) groups is 1. The minimum absolute atomic E-state index is 0. The first-order valence-electron chi connectivity index (χ1n) is 10.4. The molecule has 2 saturated heterocycles. The van der Waals surface area contributed by atoms with Crippen molar-refractivity contribution in [3.8, 4) is 0 Å². The third-order valence-corrected chi connectivity index (χ3v) is 6.24. The fraction of sp³-hybridized carbons (Fsp3) is 0.476. The molecule has 2 aliphatic rings. The molecule has 0 saturated carbocycles. The normalized spacial score (nSPS) is 16.5. The summed E-state index contributed by atoms with van der Waals surface area (Å²) in [5.74, 6) is 1.64. The number of thioether (sulfide) groups is 1. The summed E-state index contributed by atoms with van der Waals surface area (Å²) in [6, 6.07) is 10.4. The Morgan fingerprint density at radius 2 is 1.75 bits per heavy atom. The van der Waals surface area contributed by atoms with Crippen LogP contribution < -0.4 is 15.1 Å². The van der Waals surface area contributed by atoms with Crippen molar-refractivity contribution in [2.45, 2.75) is 5.16 Å². The molecular formula is C21H28Cl2N6O2S. The van der Waals surface area contributed by atoms with Crippen LogP contribution in [0.25, 0.3) is 0 Å². The molecule has 4 rings (SSSR count). The van der Waals surface area contributed by atoms with Gasteiger partial charge in [0.2, 0.25) is 5.91 Å². The highest BCUT2D eigenvalue weighted by atomic mass is 35.5. The van der Waals surface area contributed by atoms with Gasteiger partial charge < -0.3 is 24.8 Å². The number of nitrogens with one attached hydrogen (secondary N) is 1. The molecule has 0 aliphatic carbocycles. The summed E-state index contributed by atoms with van der Waals surface area (Å²) in [5, 5.41) is 4.12. The molecule has 0 unspecified atom stereocenters. The van der Waals surface area contributed by atoms with Gasteiger partial charge in [0.15, 0.2) is 5.16 Å². The highest BCUT2D eigenvalue weighted by molar-refractivity contribution is 7.98. The number of nitrogens with zero attached hydrogens (tertiary/aromatic N) is 5. The Labute approximate surface area is 204 Å². The average Bonchev–Trinajstić information content (AvgIpc) is 2.84. The Bertz CT molecular complexity index is 890. The topological polar surface area (TPSA) is 73.8 Å². The highest BCUT2D eigenvalue weighted by Crippen LogP contribution is 2.25. The van der Waals surface area contributed by atoms with E-state index in [1.807, 2.05) is 12.3 Å². The monoisotopic (exact) mass is 498 g/mol. The van der Waals surface area contributed by atoms with E-state index < -0.39 is 0 Å². The minimum Gasteiger partial charge on any atom is -0.378 e. The van der Waals surface area contributed by atoms with Gasteiger partial charge in [-0.3, -0.25) is 4.79 Å². The highest BCUT2D eigenvalue weighted by Gasteiger charge is 2.22. The molecule has 1 N–H and O–H groups in total. The van der Waals surface area contributed by atoms with Crippen molar-refractivity contribution >= 4 is 64.7 Å². The number of halogens is 2.